The lowest BCUT2D eigenvalue weighted by molar-refractivity contribution is -0.123. The highest BCUT2D eigenvalue weighted by Gasteiger charge is 2.25. The van der Waals surface area contributed by atoms with Crippen molar-refractivity contribution in [3.05, 3.63) is 0 Å². The average molecular weight is 447 g/mol. The van der Waals surface area contributed by atoms with E-state index in [9.17, 15) is 9.59 Å². The molecular formula is C23H46N2O2S2. The summed E-state index contributed by atoms with van der Waals surface area (Å²) in [5, 5.41) is 6.10. The third-order valence-corrected chi connectivity index (χ3v) is 7.20. The molecule has 172 valence electrons. The molecule has 0 saturated heterocycles. The van der Waals surface area contributed by atoms with E-state index < -0.39 is 0 Å². The highest BCUT2D eigenvalue weighted by atomic mass is 32.2. The number of carbonyl (C=O) groups excluding carboxylic acids is 2. The van der Waals surface area contributed by atoms with E-state index in [1.54, 1.807) is 0 Å². The van der Waals surface area contributed by atoms with Crippen LogP contribution in [0, 0.1) is 10.8 Å². The maximum atomic E-state index is 12.2. The molecule has 0 aliphatic carbocycles. The van der Waals surface area contributed by atoms with E-state index in [0.717, 1.165) is 55.4 Å². The summed E-state index contributed by atoms with van der Waals surface area (Å²) in [5.74, 6) is 4.62. The van der Waals surface area contributed by atoms with Crippen molar-refractivity contribution in [2.45, 2.75) is 86.5 Å². The number of hydrogen-bond acceptors (Lipinski definition) is 4. The first kappa shape index (κ1) is 28.6. The Balaban J connectivity index is 4.03. The zero-order valence-electron chi connectivity index (χ0n) is 19.8. The molecule has 0 spiro atoms. The zero-order valence-corrected chi connectivity index (χ0v) is 21.5. The van der Waals surface area contributed by atoms with Gasteiger partial charge in [0.05, 0.1) is 0 Å². The highest BCUT2D eigenvalue weighted by molar-refractivity contribution is 7.99. The predicted molar refractivity (Wildman–Crippen MR) is 132 cm³/mol. The van der Waals surface area contributed by atoms with Crippen LogP contribution < -0.4 is 10.6 Å². The summed E-state index contributed by atoms with van der Waals surface area (Å²) < 4.78 is 0. The number of nitrogens with one attached hydrogen (secondary N) is 2. The quantitative estimate of drug-likeness (QED) is 0.273. The lowest BCUT2D eigenvalue weighted by Crippen LogP contribution is -2.31. The molecule has 0 unspecified atom stereocenters. The first-order valence-electron chi connectivity index (χ1n) is 11.3. The summed E-state index contributed by atoms with van der Waals surface area (Å²) in [6.07, 6.45) is 6.56. The Morgan fingerprint density at radius 3 is 1.41 bits per heavy atom. The Bertz CT molecular complexity index is 414. The van der Waals surface area contributed by atoms with E-state index in [2.05, 4.69) is 52.2 Å². The van der Waals surface area contributed by atoms with Crippen molar-refractivity contribution in [2.75, 3.05) is 36.1 Å². The second-order valence-electron chi connectivity index (χ2n) is 9.46. The van der Waals surface area contributed by atoms with Crippen LogP contribution in [0.3, 0.4) is 0 Å². The van der Waals surface area contributed by atoms with Gasteiger partial charge in [-0.15, -0.1) is 0 Å². The lowest BCUT2D eigenvalue weighted by Gasteiger charge is -2.28. The Morgan fingerprint density at radius 2 is 1.07 bits per heavy atom. The van der Waals surface area contributed by atoms with Gasteiger partial charge in [0.2, 0.25) is 11.8 Å². The summed E-state index contributed by atoms with van der Waals surface area (Å²) >= 11 is 3.79. The molecule has 0 atom stereocenters. The number of carbonyl (C=O) groups is 2. The summed E-state index contributed by atoms with van der Waals surface area (Å²) in [5.41, 5.74) is -0.00896. The molecule has 0 saturated carbocycles. The third-order valence-electron chi connectivity index (χ3n) is 4.82. The van der Waals surface area contributed by atoms with Crippen molar-refractivity contribution in [2.24, 2.45) is 10.8 Å². The van der Waals surface area contributed by atoms with Gasteiger partial charge in [0.15, 0.2) is 0 Å². The van der Waals surface area contributed by atoms with E-state index in [1.165, 1.54) is 12.8 Å². The van der Waals surface area contributed by atoms with E-state index in [4.69, 9.17) is 0 Å². The van der Waals surface area contributed by atoms with Crippen LogP contribution >= 0.6 is 23.5 Å². The summed E-state index contributed by atoms with van der Waals surface area (Å²) in [6, 6.07) is 0. The van der Waals surface area contributed by atoms with Gasteiger partial charge in [-0.25, -0.2) is 0 Å². The fourth-order valence-electron chi connectivity index (χ4n) is 3.23. The Labute approximate surface area is 188 Å². The predicted octanol–water partition coefficient (Wildman–Crippen LogP) is 5.51. The fourth-order valence-corrected chi connectivity index (χ4v) is 4.71. The number of thioether (sulfide) groups is 2. The van der Waals surface area contributed by atoms with Crippen LogP contribution in [0.5, 0.6) is 0 Å². The molecule has 0 aliphatic rings. The lowest BCUT2D eigenvalue weighted by atomic mass is 9.78. The molecular weight excluding hydrogens is 400 g/mol. The zero-order chi connectivity index (χ0) is 22.2. The first-order valence-corrected chi connectivity index (χ1v) is 13.6. The maximum absolute atomic E-state index is 12.2. The first-order chi connectivity index (χ1) is 13.6. The number of rotatable bonds is 18. The van der Waals surface area contributed by atoms with Crippen molar-refractivity contribution in [3.63, 3.8) is 0 Å². The molecule has 2 amide bonds. The van der Waals surface area contributed by atoms with Crippen LogP contribution in [0.1, 0.15) is 86.5 Å². The molecule has 0 bridgehead atoms. The number of hydrogen-bond donors (Lipinski definition) is 2. The van der Waals surface area contributed by atoms with Gasteiger partial charge in [-0.1, -0.05) is 48.0 Å². The summed E-state index contributed by atoms with van der Waals surface area (Å²) in [7, 11) is 0. The minimum atomic E-state index is -0.00448. The molecule has 0 rings (SSSR count). The third kappa shape index (κ3) is 18.2. The van der Waals surface area contributed by atoms with E-state index >= 15 is 0 Å². The fraction of sp³-hybridized carbons (Fsp3) is 0.913. The summed E-state index contributed by atoms with van der Waals surface area (Å²) in [4.78, 5) is 24.4. The molecule has 0 aromatic rings. The molecule has 0 fully saturated rings. The minimum absolute atomic E-state index is 0.00448. The average Bonchev–Trinajstić information content (AvgIpc) is 2.60. The Kier molecular flexibility index (Phi) is 16.1. The van der Waals surface area contributed by atoms with Crippen LogP contribution in [0.4, 0.5) is 0 Å². The number of amides is 2. The standard InChI is InChI=1S/C23H46N2O2S2/c1-7-14-28-16-12-24-20(26)18-22(3,4)10-9-11-23(5,6)19-21(27)25-13-17-29-15-8-2/h7-19H2,1-6H3,(H,24,26)(H,25,27). The van der Waals surface area contributed by atoms with E-state index in [1.807, 2.05) is 23.5 Å². The van der Waals surface area contributed by atoms with Crippen LogP contribution in [-0.2, 0) is 9.59 Å². The van der Waals surface area contributed by atoms with Crippen molar-refractivity contribution in [3.8, 4) is 0 Å². The largest absolute Gasteiger partial charge is 0.355 e. The maximum Gasteiger partial charge on any atom is 0.220 e. The van der Waals surface area contributed by atoms with Gasteiger partial charge < -0.3 is 10.6 Å². The molecule has 6 heteroatoms. The van der Waals surface area contributed by atoms with Crippen molar-refractivity contribution >= 4 is 35.3 Å². The van der Waals surface area contributed by atoms with Gasteiger partial charge in [0.1, 0.15) is 0 Å². The molecule has 0 aromatic carbocycles. The molecule has 0 radical (unpaired) electrons. The SMILES string of the molecule is CCCSCCNC(=O)CC(C)(C)CCCC(C)(C)CC(=O)NCCSCCC. The minimum Gasteiger partial charge on any atom is -0.355 e. The Hall–Kier alpha value is -0.360. The van der Waals surface area contributed by atoms with Crippen molar-refractivity contribution in [1.82, 2.24) is 10.6 Å². The van der Waals surface area contributed by atoms with Crippen LogP contribution in [0.25, 0.3) is 0 Å². The highest BCUT2D eigenvalue weighted by Crippen LogP contribution is 2.33. The second-order valence-corrected chi connectivity index (χ2v) is 11.9. The normalized spacial score (nSPS) is 12.1. The van der Waals surface area contributed by atoms with Crippen LogP contribution in [-0.4, -0.2) is 47.9 Å². The van der Waals surface area contributed by atoms with Gasteiger partial charge in [0, 0.05) is 37.4 Å². The molecule has 29 heavy (non-hydrogen) atoms. The Morgan fingerprint density at radius 1 is 0.690 bits per heavy atom. The summed E-state index contributed by atoms with van der Waals surface area (Å²) in [6.45, 7) is 14.6. The van der Waals surface area contributed by atoms with Crippen molar-refractivity contribution < 1.29 is 9.59 Å². The topological polar surface area (TPSA) is 58.2 Å². The van der Waals surface area contributed by atoms with Gasteiger partial charge in [-0.2, -0.15) is 23.5 Å². The van der Waals surface area contributed by atoms with Gasteiger partial charge >= 0.3 is 0 Å². The molecule has 0 aliphatic heterocycles. The molecule has 4 nitrogen and oxygen atoms in total. The van der Waals surface area contributed by atoms with Gasteiger partial charge in [-0.3, -0.25) is 9.59 Å². The van der Waals surface area contributed by atoms with E-state index in [-0.39, 0.29) is 22.6 Å². The smallest absolute Gasteiger partial charge is 0.220 e. The van der Waals surface area contributed by atoms with Crippen LogP contribution in [0.15, 0.2) is 0 Å². The molecule has 0 heterocycles. The van der Waals surface area contributed by atoms with Gasteiger partial charge in [0.25, 0.3) is 0 Å². The van der Waals surface area contributed by atoms with Gasteiger partial charge in [-0.05, 0) is 48.0 Å². The monoisotopic (exact) mass is 446 g/mol. The molecule has 0 aromatic heterocycles. The van der Waals surface area contributed by atoms with E-state index in [0.29, 0.717) is 12.8 Å². The molecule has 2 N–H and O–H groups in total. The van der Waals surface area contributed by atoms with Crippen LogP contribution in [0.2, 0.25) is 0 Å². The second kappa shape index (κ2) is 16.3. The van der Waals surface area contributed by atoms with Crippen molar-refractivity contribution in [1.29, 1.82) is 0 Å².